The summed E-state index contributed by atoms with van der Waals surface area (Å²) in [5.74, 6) is 2.59. The number of nitrogens with zero attached hydrogens (tertiary/aromatic N) is 9. The van der Waals surface area contributed by atoms with Crippen molar-refractivity contribution in [3.63, 3.8) is 0 Å². The van der Waals surface area contributed by atoms with E-state index in [0.717, 1.165) is 117 Å². The van der Waals surface area contributed by atoms with Crippen molar-refractivity contribution < 1.29 is 0 Å². The van der Waals surface area contributed by atoms with Crippen LogP contribution in [0.5, 0.6) is 0 Å². The van der Waals surface area contributed by atoms with E-state index in [4.69, 9.17) is 24.9 Å². The number of benzene rings is 18. The predicted molar refractivity (Wildman–Crippen MR) is 482 cm³/mol. The summed E-state index contributed by atoms with van der Waals surface area (Å²) in [5, 5.41) is 19.0. The fourth-order valence-electron chi connectivity index (χ4n) is 18.0. The normalized spacial score (nSPS) is 11.8. The van der Waals surface area contributed by atoms with Crippen LogP contribution >= 0.6 is 0 Å². The molecule has 6 heterocycles. The van der Waals surface area contributed by atoms with Crippen molar-refractivity contribution in [1.29, 1.82) is 0 Å². The molecule has 0 saturated heterocycles. The minimum absolute atomic E-state index is 0.629. The van der Waals surface area contributed by atoms with Gasteiger partial charge in [-0.05, 0) is 158 Å². The molecular weight excluding hydrogens is 1410 g/mol. The maximum Gasteiger partial charge on any atom is 0.164 e. The standard InChI is InChI=1S/C54H34N4.C53H33N5/c1-3-16-36(17-4-1)46-34-47(39-28-27-35-15-7-8-18-37(35)31-39)56-54(55-46)45-33-41(32-38-19-9-10-22-42(38)45)58-49-26-14-12-24-44(49)53-51(58)30-29-50-52(53)43-23-11-13-25-48(43)57(50)40-20-5-2-6-21-40;1-3-16-35(17-4-1)51-54-52(38-28-27-34-15-7-8-18-36(34)31-38)56-53(55-51)44-33-40(32-37-19-9-10-22-41(37)44)58-46-26-14-12-24-43(46)50-48(58)30-29-47-49(50)42-23-11-13-25-45(42)57(47)39-20-5-2-6-21-39/h1-34H;1-33H. The van der Waals surface area contributed by atoms with E-state index >= 15 is 0 Å². The Hall–Kier alpha value is -15.7. The molecule has 9 nitrogen and oxygen atoms in total. The van der Waals surface area contributed by atoms with Crippen LogP contribution in [0.2, 0.25) is 0 Å². The van der Waals surface area contributed by atoms with Gasteiger partial charge in [-0.15, -0.1) is 0 Å². The molecule has 0 fully saturated rings. The molecule has 0 aliphatic carbocycles. The molecule has 0 N–H and O–H groups in total. The smallest absolute Gasteiger partial charge is 0.164 e. The fourth-order valence-corrected chi connectivity index (χ4v) is 18.0. The van der Waals surface area contributed by atoms with Crippen LogP contribution < -0.4 is 0 Å². The summed E-state index contributed by atoms with van der Waals surface area (Å²) in [6.45, 7) is 0. The van der Waals surface area contributed by atoms with Gasteiger partial charge < -0.3 is 18.3 Å². The summed E-state index contributed by atoms with van der Waals surface area (Å²) >= 11 is 0. The van der Waals surface area contributed by atoms with E-state index in [0.29, 0.717) is 23.3 Å². The molecule has 0 spiro atoms. The SMILES string of the molecule is c1ccc(-c2cc(-c3ccc4ccccc4c3)nc(-c3cc(-n4c5ccccc5c5c6c7ccccc7n(-c7ccccc7)c6ccc54)cc4ccccc34)n2)cc1.c1ccc(-c2nc(-c3ccc4ccccc4c3)nc(-c3cc(-n4c5ccccc5c5c6c7ccccc7n(-c7ccccc7)c6ccc54)cc4ccccc34)n2)cc1. The molecule has 24 aromatic rings. The lowest BCUT2D eigenvalue weighted by Crippen LogP contribution is -2.02. The molecule has 18 aromatic carbocycles. The zero-order valence-electron chi connectivity index (χ0n) is 62.7. The minimum atomic E-state index is 0.629. The van der Waals surface area contributed by atoms with Crippen molar-refractivity contribution in [3.8, 4) is 90.8 Å². The molecule has 0 amide bonds. The van der Waals surface area contributed by atoms with E-state index in [1.807, 2.05) is 24.3 Å². The van der Waals surface area contributed by atoms with E-state index < -0.39 is 0 Å². The Morgan fingerprint density at radius 2 is 0.457 bits per heavy atom. The Labute approximate surface area is 666 Å². The van der Waals surface area contributed by atoms with E-state index in [2.05, 4.69) is 400 Å². The molecule has 0 aliphatic heterocycles. The maximum atomic E-state index is 5.39. The highest BCUT2D eigenvalue weighted by Crippen LogP contribution is 2.47. The van der Waals surface area contributed by atoms with Crippen LogP contribution in [0.15, 0.2) is 406 Å². The number of aromatic nitrogens is 9. The van der Waals surface area contributed by atoms with Gasteiger partial charge in [0.2, 0.25) is 0 Å². The first-order valence-electron chi connectivity index (χ1n) is 39.4. The number of rotatable bonds is 10. The lowest BCUT2D eigenvalue weighted by molar-refractivity contribution is 1.07. The molecule has 0 bridgehead atoms. The van der Waals surface area contributed by atoms with Crippen molar-refractivity contribution in [2.24, 2.45) is 0 Å². The predicted octanol–water partition coefficient (Wildman–Crippen LogP) is 27.4. The summed E-state index contributed by atoms with van der Waals surface area (Å²) < 4.78 is 9.63. The van der Waals surface area contributed by atoms with E-state index in [-0.39, 0.29) is 0 Å². The van der Waals surface area contributed by atoms with E-state index in [9.17, 15) is 0 Å². The molecule has 0 aliphatic rings. The van der Waals surface area contributed by atoms with Gasteiger partial charge in [0.15, 0.2) is 23.3 Å². The van der Waals surface area contributed by atoms with Gasteiger partial charge >= 0.3 is 0 Å². The van der Waals surface area contributed by atoms with Gasteiger partial charge in [0.05, 0.1) is 55.5 Å². The van der Waals surface area contributed by atoms with Crippen molar-refractivity contribution in [3.05, 3.63) is 406 Å². The van der Waals surface area contributed by atoms with E-state index in [1.165, 1.54) is 81.3 Å². The lowest BCUT2D eigenvalue weighted by atomic mass is 10.0. The summed E-state index contributed by atoms with van der Waals surface area (Å²) in [6, 6.07) is 145. The molecule has 116 heavy (non-hydrogen) atoms. The first kappa shape index (κ1) is 66.1. The van der Waals surface area contributed by atoms with Gasteiger partial charge in [0.1, 0.15) is 0 Å². The zero-order chi connectivity index (χ0) is 76.3. The maximum absolute atomic E-state index is 5.39. The zero-order valence-corrected chi connectivity index (χ0v) is 62.7. The molecule has 0 radical (unpaired) electrons. The Bertz CT molecular complexity index is 7600. The van der Waals surface area contributed by atoms with Crippen LogP contribution in [0.4, 0.5) is 0 Å². The Morgan fingerprint density at radius 1 is 0.155 bits per heavy atom. The third kappa shape index (κ3) is 10.9. The summed E-state index contributed by atoms with van der Waals surface area (Å²) in [5.41, 5.74) is 21.4. The average Bonchev–Trinajstić information content (AvgIpc) is 1.55. The quantitative estimate of drug-likeness (QED) is 0.136. The molecule has 540 valence electrons. The Balaban J connectivity index is 0.000000137. The molecule has 24 rings (SSSR count). The van der Waals surface area contributed by atoms with Gasteiger partial charge in [-0.25, -0.2) is 24.9 Å². The second-order valence-corrected chi connectivity index (χ2v) is 29.8. The molecular formula is C107H67N9. The topological polar surface area (TPSA) is 84.2 Å². The van der Waals surface area contributed by atoms with Crippen LogP contribution in [0.1, 0.15) is 0 Å². The van der Waals surface area contributed by atoms with Crippen LogP contribution in [0.25, 0.3) is 221 Å². The first-order chi connectivity index (χ1) is 57.5. The minimum Gasteiger partial charge on any atom is -0.309 e. The highest BCUT2D eigenvalue weighted by atomic mass is 15.0. The molecule has 0 atom stereocenters. The third-order valence-corrected chi connectivity index (χ3v) is 23.2. The average molecular weight is 1480 g/mol. The van der Waals surface area contributed by atoms with Gasteiger partial charge in [-0.1, -0.05) is 291 Å². The van der Waals surface area contributed by atoms with Crippen molar-refractivity contribution >= 4 is 130 Å². The largest absolute Gasteiger partial charge is 0.309 e. The highest BCUT2D eigenvalue weighted by Gasteiger charge is 2.26. The van der Waals surface area contributed by atoms with Gasteiger partial charge in [-0.3, -0.25) is 0 Å². The molecule has 0 unspecified atom stereocenters. The Kier molecular flexibility index (Phi) is 15.4. The second kappa shape index (κ2) is 27.1. The monoisotopic (exact) mass is 1480 g/mol. The van der Waals surface area contributed by atoms with Crippen molar-refractivity contribution in [2.75, 3.05) is 0 Å². The summed E-state index contributed by atoms with van der Waals surface area (Å²) in [4.78, 5) is 26.3. The highest BCUT2D eigenvalue weighted by molar-refractivity contribution is 6.30. The van der Waals surface area contributed by atoms with Crippen LogP contribution in [0.3, 0.4) is 0 Å². The summed E-state index contributed by atoms with van der Waals surface area (Å²) in [7, 11) is 0. The van der Waals surface area contributed by atoms with Gasteiger partial charge in [0.25, 0.3) is 0 Å². The third-order valence-electron chi connectivity index (χ3n) is 23.2. The van der Waals surface area contributed by atoms with E-state index in [1.54, 1.807) is 0 Å². The van der Waals surface area contributed by atoms with Crippen LogP contribution in [-0.2, 0) is 0 Å². The number of fused-ring (bicyclic) bond motifs is 18. The van der Waals surface area contributed by atoms with Crippen molar-refractivity contribution in [2.45, 2.75) is 0 Å². The first-order valence-corrected chi connectivity index (χ1v) is 39.4. The fraction of sp³-hybridized carbons (Fsp3) is 0. The Morgan fingerprint density at radius 3 is 0.888 bits per heavy atom. The number of hydrogen-bond donors (Lipinski definition) is 0. The van der Waals surface area contributed by atoms with Gasteiger partial charge in [0, 0.05) is 99.2 Å². The summed E-state index contributed by atoms with van der Waals surface area (Å²) in [6.07, 6.45) is 0. The molecule has 6 aromatic heterocycles. The molecule has 0 saturated carbocycles. The molecule has 9 heteroatoms. The van der Waals surface area contributed by atoms with Crippen LogP contribution in [0, 0.1) is 0 Å². The number of hydrogen-bond acceptors (Lipinski definition) is 5. The van der Waals surface area contributed by atoms with Gasteiger partial charge in [-0.2, -0.15) is 0 Å². The lowest BCUT2D eigenvalue weighted by Gasteiger charge is -2.15. The number of para-hydroxylation sites is 6. The second-order valence-electron chi connectivity index (χ2n) is 29.8. The van der Waals surface area contributed by atoms with Crippen molar-refractivity contribution in [1.82, 2.24) is 43.2 Å². The van der Waals surface area contributed by atoms with Crippen LogP contribution in [-0.4, -0.2) is 43.2 Å².